The van der Waals surface area contributed by atoms with Crippen molar-refractivity contribution in [3.05, 3.63) is 89.7 Å². The van der Waals surface area contributed by atoms with E-state index in [1.165, 1.54) is 4.31 Å². The SMILES string of the molecule is CN(C)c1ccc(C[C@H]2[C@@H](O)c3ccccc3S(=O)(=O)N2Cc2cccnc2)cc1. The molecule has 0 aliphatic carbocycles. The van der Waals surface area contributed by atoms with Gasteiger partial charge in [0.25, 0.3) is 0 Å². The van der Waals surface area contributed by atoms with Gasteiger partial charge in [0.05, 0.1) is 17.0 Å². The van der Waals surface area contributed by atoms with E-state index >= 15 is 0 Å². The van der Waals surface area contributed by atoms with Crippen LogP contribution in [0.25, 0.3) is 0 Å². The molecule has 0 unspecified atom stereocenters. The number of anilines is 1. The molecule has 0 saturated heterocycles. The number of aliphatic hydroxyl groups is 1. The third kappa shape index (κ3) is 3.84. The monoisotopic (exact) mass is 423 g/mol. The van der Waals surface area contributed by atoms with Crippen molar-refractivity contribution in [2.24, 2.45) is 0 Å². The third-order valence-corrected chi connectivity index (χ3v) is 7.46. The van der Waals surface area contributed by atoms with Gasteiger partial charge < -0.3 is 10.0 Å². The van der Waals surface area contributed by atoms with Crippen molar-refractivity contribution >= 4 is 15.7 Å². The van der Waals surface area contributed by atoms with Crippen LogP contribution < -0.4 is 4.90 Å². The fraction of sp³-hybridized carbons (Fsp3) is 0.261. The van der Waals surface area contributed by atoms with Crippen LogP contribution in [0.3, 0.4) is 0 Å². The first-order valence-corrected chi connectivity index (χ1v) is 11.3. The zero-order valence-corrected chi connectivity index (χ0v) is 17.8. The fourth-order valence-electron chi connectivity index (χ4n) is 3.89. The van der Waals surface area contributed by atoms with Crippen LogP contribution in [0.2, 0.25) is 0 Å². The predicted molar refractivity (Wildman–Crippen MR) is 117 cm³/mol. The summed E-state index contributed by atoms with van der Waals surface area (Å²) in [6, 6.07) is 17.7. The zero-order valence-electron chi connectivity index (χ0n) is 17.0. The van der Waals surface area contributed by atoms with Gasteiger partial charge in [0.1, 0.15) is 0 Å². The zero-order chi connectivity index (χ0) is 21.3. The van der Waals surface area contributed by atoms with Crippen molar-refractivity contribution in [3.8, 4) is 0 Å². The van der Waals surface area contributed by atoms with E-state index in [4.69, 9.17) is 0 Å². The van der Waals surface area contributed by atoms with Crippen molar-refractivity contribution in [2.75, 3.05) is 19.0 Å². The number of sulfonamides is 1. The lowest BCUT2D eigenvalue weighted by molar-refractivity contribution is 0.0769. The summed E-state index contributed by atoms with van der Waals surface area (Å²) in [5, 5.41) is 11.2. The second-order valence-electron chi connectivity index (χ2n) is 7.73. The van der Waals surface area contributed by atoms with Gasteiger partial charge in [0, 0.05) is 44.3 Å². The minimum absolute atomic E-state index is 0.155. The number of aromatic nitrogens is 1. The summed E-state index contributed by atoms with van der Waals surface area (Å²) in [6.45, 7) is 0.155. The number of rotatable bonds is 5. The van der Waals surface area contributed by atoms with Crippen molar-refractivity contribution in [2.45, 2.75) is 30.0 Å². The van der Waals surface area contributed by atoms with Crippen molar-refractivity contribution in [3.63, 3.8) is 0 Å². The van der Waals surface area contributed by atoms with Crippen molar-refractivity contribution < 1.29 is 13.5 Å². The molecular weight excluding hydrogens is 398 g/mol. The largest absolute Gasteiger partial charge is 0.387 e. The lowest BCUT2D eigenvalue weighted by atomic mass is 9.95. The van der Waals surface area contributed by atoms with Crippen molar-refractivity contribution in [1.29, 1.82) is 0 Å². The first-order chi connectivity index (χ1) is 14.4. The Balaban J connectivity index is 1.74. The van der Waals surface area contributed by atoms with Crippen molar-refractivity contribution in [1.82, 2.24) is 9.29 Å². The van der Waals surface area contributed by atoms with Gasteiger partial charge in [-0.1, -0.05) is 36.4 Å². The Hall–Kier alpha value is -2.74. The highest BCUT2D eigenvalue weighted by Crippen LogP contribution is 2.39. The molecule has 0 saturated carbocycles. The van der Waals surface area contributed by atoms with Crippen LogP contribution in [0, 0.1) is 0 Å². The molecule has 2 aromatic carbocycles. The maximum Gasteiger partial charge on any atom is 0.244 e. The quantitative estimate of drug-likeness (QED) is 0.683. The number of hydrogen-bond acceptors (Lipinski definition) is 5. The molecular formula is C23H25N3O3S. The molecule has 4 rings (SSSR count). The Morgan fingerprint density at radius 2 is 1.73 bits per heavy atom. The van der Waals surface area contributed by atoms with Crippen LogP contribution in [0.4, 0.5) is 5.69 Å². The molecule has 2 atom stereocenters. The summed E-state index contributed by atoms with van der Waals surface area (Å²) in [7, 11) is 0.175. The smallest absolute Gasteiger partial charge is 0.244 e. The fourth-order valence-corrected chi connectivity index (χ4v) is 5.74. The standard InChI is InChI=1S/C23H25N3O3S/c1-25(2)19-11-9-17(10-12-19)14-21-23(27)20-7-3-4-8-22(20)30(28,29)26(21)16-18-6-5-13-24-15-18/h3-13,15,21,23,27H,14,16H2,1-2H3/t21-,23-/m0/s1. The second kappa shape index (κ2) is 8.18. The van der Waals surface area contributed by atoms with Crippen LogP contribution in [0.1, 0.15) is 22.8 Å². The maximum absolute atomic E-state index is 13.5. The van der Waals surface area contributed by atoms with Crippen LogP contribution in [0.15, 0.2) is 78.0 Å². The van der Waals surface area contributed by atoms with E-state index in [9.17, 15) is 13.5 Å². The van der Waals surface area contributed by atoms with Gasteiger partial charge in [-0.25, -0.2) is 8.42 Å². The second-order valence-corrected chi connectivity index (χ2v) is 9.59. The molecule has 7 heteroatoms. The number of hydrogen-bond donors (Lipinski definition) is 1. The van der Waals surface area contributed by atoms with E-state index in [2.05, 4.69) is 4.98 Å². The molecule has 1 aromatic heterocycles. The minimum Gasteiger partial charge on any atom is -0.387 e. The Morgan fingerprint density at radius 1 is 1.00 bits per heavy atom. The lowest BCUT2D eigenvalue weighted by Crippen LogP contribution is -2.48. The average molecular weight is 424 g/mol. The van der Waals surface area contributed by atoms with Gasteiger partial charge in [0.2, 0.25) is 10.0 Å². The molecule has 2 heterocycles. The topological polar surface area (TPSA) is 73.7 Å². The van der Waals surface area contributed by atoms with Gasteiger partial charge in [-0.05, 0) is 41.8 Å². The van der Waals surface area contributed by atoms with Crippen LogP contribution in [-0.4, -0.2) is 43.0 Å². The first-order valence-electron chi connectivity index (χ1n) is 9.82. The minimum atomic E-state index is -3.77. The number of fused-ring (bicyclic) bond motifs is 1. The highest BCUT2D eigenvalue weighted by molar-refractivity contribution is 7.89. The Kier molecular flexibility index (Phi) is 5.60. The van der Waals surface area contributed by atoms with E-state index in [-0.39, 0.29) is 11.4 Å². The van der Waals surface area contributed by atoms with Gasteiger partial charge in [0.15, 0.2) is 0 Å². The van der Waals surface area contributed by atoms with Gasteiger partial charge in [-0.3, -0.25) is 4.98 Å². The molecule has 1 N–H and O–H groups in total. The lowest BCUT2D eigenvalue weighted by Gasteiger charge is -2.39. The third-order valence-electron chi connectivity index (χ3n) is 5.52. The number of nitrogens with zero attached hydrogens (tertiary/aromatic N) is 3. The molecule has 1 aliphatic heterocycles. The molecule has 1 aliphatic rings. The normalized spacial score (nSPS) is 20.5. The summed E-state index contributed by atoms with van der Waals surface area (Å²) in [5.74, 6) is 0. The number of benzene rings is 2. The molecule has 3 aromatic rings. The Labute approximate surface area is 177 Å². The first kappa shape index (κ1) is 20.5. The summed E-state index contributed by atoms with van der Waals surface area (Å²) in [6.07, 6.45) is 2.80. The highest BCUT2D eigenvalue weighted by Gasteiger charge is 2.43. The van der Waals surface area contributed by atoms with E-state index in [1.807, 2.05) is 49.3 Å². The van der Waals surface area contributed by atoms with E-state index in [0.29, 0.717) is 12.0 Å². The highest BCUT2D eigenvalue weighted by atomic mass is 32.2. The van der Waals surface area contributed by atoms with E-state index < -0.39 is 22.2 Å². The number of pyridine rings is 1. The van der Waals surface area contributed by atoms with Crippen LogP contribution in [-0.2, 0) is 23.0 Å². The van der Waals surface area contributed by atoms with E-state index in [0.717, 1.165) is 16.8 Å². The van der Waals surface area contributed by atoms with Crippen LogP contribution in [0.5, 0.6) is 0 Å². The van der Waals surface area contributed by atoms with Crippen LogP contribution >= 0.6 is 0 Å². The summed E-state index contributed by atoms with van der Waals surface area (Å²) in [5.41, 5.74) is 3.26. The molecule has 0 spiro atoms. The summed E-state index contributed by atoms with van der Waals surface area (Å²) >= 11 is 0. The average Bonchev–Trinajstić information content (AvgIpc) is 2.76. The predicted octanol–water partition coefficient (Wildman–Crippen LogP) is 3.00. The number of aliphatic hydroxyl groups excluding tert-OH is 1. The van der Waals surface area contributed by atoms with Gasteiger partial charge >= 0.3 is 0 Å². The van der Waals surface area contributed by atoms with Gasteiger partial charge in [-0.2, -0.15) is 4.31 Å². The Bertz CT molecular complexity index is 1120. The summed E-state index contributed by atoms with van der Waals surface area (Å²) < 4.78 is 28.4. The molecule has 0 fully saturated rings. The van der Waals surface area contributed by atoms with Gasteiger partial charge in [-0.15, -0.1) is 0 Å². The summed E-state index contributed by atoms with van der Waals surface area (Å²) in [4.78, 5) is 6.28. The molecule has 0 bridgehead atoms. The molecule has 156 valence electrons. The Morgan fingerprint density at radius 3 is 2.40 bits per heavy atom. The molecule has 0 radical (unpaired) electrons. The molecule has 6 nitrogen and oxygen atoms in total. The molecule has 0 amide bonds. The molecule has 30 heavy (non-hydrogen) atoms. The van der Waals surface area contributed by atoms with E-state index in [1.54, 1.807) is 42.7 Å². The maximum atomic E-state index is 13.5.